The van der Waals surface area contributed by atoms with E-state index in [1.165, 1.54) is 6.08 Å². The smallest absolute Gasteiger partial charge is 0.416 e. The maximum Gasteiger partial charge on any atom is 0.416 e. The number of hydrogen-bond donors (Lipinski definition) is 2. The Labute approximate surface area is 133 Å². The van der Waals surface area contributed by atoms with Crippen molar-refractivity contribution in [3.8, 4) is 5.75 Å². The lowest BCUT2D eigenvalue weighted by Gasteiger charge is -2.14. The number of ether oxygens (including phenoxy) is 1. The SMILES string of the molecule is C=CCOc1ccc(C(F)(F)F)cc1C(=O)NCCNCCC. The van der Waals surface area contributed by atoms with E-state index in [1.807, 2.05) is 6.92 Å². The zero-order valence-electron chi connectivity index (χ0n) is 13.0. The first-order valence-electron chi connectivity index (χ1n) is 7.34. The van der Waals surface area contributed by atoms with Gasteiger partial charge in [-0.05, 0) is 31.2 Å². The Morgan fingerprint density at radius 1 is 1.30 bits per heavy atom. The lowest BCUT2D eigenvalue weighted by Crippen LogP contribution is -2.32. The largest absolute Gasteiger partial charge is 0.489 e. The van der Waals surface area contributed by atoms with Crippen LogP contribution in [0.25, 0.3) is 0 Å². The molecule has 1 amide bonds. The fourth-order valence-corrected chi connectivity index (χ4v) is 1.82. The number of amides is 1. The van der Waals surface area contributed by atoms with Crippen molar-refractivity contribution >= 4 is 5.91 Å². The lowest BCUT2D eigenvalue weighted by atomic mass is 10.1. The summed E-state index contributed by atoms with van der Waals surface area (Å²) >= 11 is 0. The predicted molar refractivity (Wildman–Crippen MR) is 82.6 cm³/mol. The second-order valence-corrected chi connectivity index (χ2v) is 4.81. The van der Waals surface area contributed by atoms with Crippen molar-refractivity contribution in [2.45, 2.75) is 19.5 Å². The van der Waals surface area contributed by atoms with Gasteiger partial charge >= 0.3 is 6.18 Å². The van der Waals surface area contributed by atoms with E-state index in [2.05, 4.69) is 17.2 Å². The van der Waals surface area contributed by atoms with E-state index in [1.54, 1.807) is 0 Å². The van der Waals surface area contributed by atoms with Crippen molar-refractivity contribution in [2.75, 3.05) is 26.2 Å². The molecule has 0 aliphatic rings. The maximum atomic E-state index is 12.8. The molecule has 0 aliphatic heterocycles. The van der Waals surface area contributed by atoms with E-state index >= 15 is 0 Å². The summed E-state index contributed by atoms with van der Waals surface area (Å²) in [5.74, 6) is -0.509. The molecule has 1 aromatic carbocycles. The number of benzene rings is 1. The van der Waals surface area contributed by atoms with Gasteiger partial charge < -0.3 is 15.4 Å². The van der Waals surface area contributed by atoms with Crippen LogP contribution < -0.4 is 15.4 Å². The lowest BCUT2D eigenvalue weighted by molar-refractivity contribution is -0.137. The van der Waals surface area contributed by atoms with E-state index in [-0.39, 0.29) is 17.9 Å². The normalized spacial score (nSPS) is 11.1. The summed E-state index contributed by atoms with van der Waals surface area (Å²) in [6.07, 6.45) is -2.11. The predicted octanol–water partition coefficient (Wildman–Crippen LogP) is 3.00. The first-order valence-corrected chi connectivity index (χ1v) is 7.34. The average molecular weight is 330 g/mol. The van der Waals surface area contributed by atoms with E-state index in [0.29, 0.717) is 13.1 Å². The van der Waals surface area contributed by atoms with E-state index in [4.69, 9.17) is 4.74 Å². The minimum Gasteiger partial charge on any atom is -0.489 e. The molecule has 0 radical (unpaired) electrons. The van der Waals surface area contributed by atoms with E-state index in [0.717, 1.165) is 31.2 Å². The molecule has 0 saturated heterocycles. The van der Waals surface area contributed by atoms with Crippen molar-refractivity contribution in [3.63, 3.8) is 0 Å². The maximum absolute atomic E-state index is 12.8. The summed E-state index contributed by atoms with van der Waals surface area (Å²) in [4.78, 5) is 12.1. The number of alkyl halides is 3. The molecular formula is C16H21F3N2O2. The Morgan fingerprint density at radius 2 is 2.04 bits per heavy atom. The summed E-state index contributed by atoms with van der Waals surface area (Å²) in [7, 11) is 0. The molecule has 0 bridgehead atoms. The molecule has 4 nitrogen and oxygen atoms in total. The van der Waals surface area contributed by atoms with Crippen LogP contribution in [0.1, 0.15) is 29.3 Å². The van der Waals surface area contributed by atoms with Gasteiger partial charge in [0.05, 0.1) is 11.1 Å². The van der Waals surface area contributed by atoms with Crippen LogP contribution >= 0.6 is 0 Å². The molecule has 0 saturated carbocycles. The van der Waals surface area contributed by atoms with Crippen molar-refractivity contribution in [1.29, 1.82) is 0 Å². The number of nitrogens with one attached hydrogen (secondary N) is 2. The number of hydrogen-bond acceptors (Lipinski definition) is 3. The Hall–Kier alpha value is -2.02. The number of rotatable bonds is 9. The Balaban J connectivity index is 2.85. The molecule has 0 fully saturated rings. The Bertz CT molecular complexity index is 531. The van der Waals surface area contributed by atoms with Gasteiger partial charge in [0.2, 0.25) is 0 Å². The Morgan fingerprint density at radius 3 is 2.65 bits per heavy atom. The molecular weight excluding hydrogens is 309 g/mol. The molecule has 0 spiro atoms. The summed E-state index contributed by atoms with van der Waals surface area (Å²) < 4.78 is 43.7. The fourth-order valence-electron chi connectivity index (χ4n) is 1.82. The minimum absolute atomic E-state index is 0.0944. The first-order chi connectivity index (χ1) is 10.9. The van der Waals surface area contributed by atoms with E-state index < -0.39 is 17.6 Å². The van der Waals surface area contributed by atoms with Gasteiger partial charge in [0.15, 0.2) is 0 Å². The van der Waals surface area contributed by atoms with Crippen molar-refractivity contribution in [2.24, 2.45) is 0 Å². The average Bonchev–Trinajstić information content (AvgIpc) is 2.51. The Kier molecular flexibility index (Phi) is 7.61. The van der Waals surface area contributed by atoms with Gasteiger partial charge in [0, 0.05) is 13.1 Å². The summed E-state index contributed by atoms with van der Waals surface area (Å²) in [5, 5.41) is 5.67. The van der Waals surface area contributed by atoms with Crippen LogP contribution in [-0.2, 0) is 6.18 Å². The molecule has 1 aromatic rings. The zero-order valence-corrected chi connectivity index (χ0v) is 13.0. The highest BCUT2D eigenvalue weighted by Crippen LogP contribution is 2.32. The second kappa shape index (κ2) is 9.19. The molecule has 7 heteroatoms. The van der Waals surface area contributed by atoms with Gasteiger partial charge in [-0.1, -0.05) is 19.6 Å². The minimum atomic E-state index is -4.52. The highest BCUT2D eigenvalue weighted by Gasteiger charge is 2.32. The van der Waals surface area contributed by atoms with Crippen molar-refractivity contribution in [1.82, 2.24) is 10.6 Å². The van der Waals surface area contributed by atoms with Crippen LogP contribution in [0.5, 0.6) is 5.75 Å². The van der Waals surface area contributed by atoms with Crippen LogP contribution in [0.15, 0.2) is 30.9 Å². The third kappa shape index (κ3) is 6.32. The van der Waals surface area contributed by atoms with Crippen LogP contribution in [0.4, 0.5) is 13.2 Å². The number of carbonyl (C=O) groups excluding carboxylic acids is 1. The molecule has 1 rings (SSSR count). The molecule has 0 heterocycles. The standard InChI is InChI=1S/C16H21F3N2O2/c1-3-7-20-8-9-21-15(22)13-11-12(16(17,18)19)5-6-14(13)23-10-4-2/h4-6,11,20H,2-3,7-10H2,1H3,(H,21,22). The summed E-state index contributed by atoms with van der Waals surface area (Å²) in [5.41, 5.74) is -1.03. The van der Waals surface area contributed by atoms with Crippen molar-refractivity contribution in [3.05, 3.63) is 42.0 Å². The van der Waals surface area contributed by atoms with Gasteiger partial charge in [-0.15, -0.1) is 0 Å². The molecule has 128 valence electrons. The highest BCUT2D eigenvalue weighted by atomic mass is 19.4. The monoisotopic (exact) mass is 330 g/mol. The topological polar surface area (TPSA) is 50.4 Å². The third-order valence-electron chi connectivity index (χ3n) is 2.92. The second-order valence-electron chi connectivity index (χ2n) is 4.81. The fraction of sp³-hybridized carbons (Fsp3) is 0.438. The summed E-state index contributed by atoms with van der Waals surface area (Å²) in [6.45, 7) is 7.25. The molecule has 2 N–H and O–H groups in total. The molecule has 0 unspecified atom stereocenters. The highest BCUT2D eigenvalue weighted by molar-refractivity contribution is 5.97. The van der Waals surface area contributed by atoms with Gasteiger partial charge in [-0.25, -0.2) is 0 Å². The van der Waals surface area contributed by atoms with Crippen LogP contribution in [0.2, 0.25) is 0 Å². The van der Waals surface area contributed by atoms with Crippen molar-refractivity contribution < 1.29 is 22.7 Å². The quantitative estimate of drug-likeness (QED) is 0.541. The van der Waals surface area contributed by atoms with Gasteiger partial charge in [0.1, 0.15) is 12.4 Å². The molecule has 0 aromatic heterocycles. The molecule has 0 atom stereocenters. The molecule has 23 heavy (non-hydrogen) atoms. The van der Waals surface area contributed by atoms with E-state index in [9.17, 15) is 18.0 Å². The van der Waals surface area contributed by atoms with Crippen LogP contribution in [-0.4, -0.2) is 32.1 Å². The first kappa shape index (κ1) is 19.0. The molecule has 0 aliphatic carbocycles. The zero-order chi connectivity index (χ0) is 17.3. The van der Waals surface area contributed by atoms with Gasteiger partial charge in [0.25, 0.3) is 5.91 Å². The van der Waals surface area contributed by atoms with Crippen LogP contribution in [0.3, 0.4) is 0 Å². The summed E-state index contributed by atoms with van der Waals surface area (Å²) in [6, 6.07) is 2.84. The number of halogens is 3. The van der Waals surface area contributed by atoms with Gasteiger partial charge in [-0.2, -0.15) is 13.2 Å². The van der Waals surface area contributed by atoms with Gasteiger partial charge in [-0.3, -0.25) is 4.79 Å². The number of carbonyl (C=O) groups is 1. The third-order valence-corrected chi connectivity index (χ3v) is 2.92. The van der Waals surface area contributed by atoms with Crippen LogP contribution in [0, 0.1) is 0 Å².